The molecule has 0 unspecified atom stereocenters. The van der Waals surface area contributed by atoms with Gasteiger partial charge < -0.3 is 19.4 Å². The van der Waals surface area contributed by atoms with Crippen LogP contribution in [-0.2, 0) is 19.8 Å². The van der Waals surface area contributed by atoms with Crippen molar-refractivity contribution in [1.82, 2.24) is 14.8 Å². The molecule has 0 atom stereocenters. The highest BCUT2D eigenvalue weighted by Gasteiger charge is 2.36. The summed E-state index contributed by atoms with van der Waals surface area (Å²) in [4.78, 5) is 14.8. The summed E-state index contributed by atoms with van der Waals surface area (Å²) in [5.74, 6) is 0.133. The van der Waals surface area contributed by atoms with Gasteiger partial charge in [0.1, 0.15) is 0 Å². The molecule has 6 nitrogen and oxygen atoms in total. The summed E-state index contributed by atoms with van der Waals surface area (Å²) in [6, 6.07) is 4.04. The van der Waals surface area contributed by atoms with Crippen LogP contribution in [0.25, 0.3) is 0 Å². The van der Waals surface area contributed by atoms with E-state index in [0.29, 0.717) is 13.0 Å². The molecule has 6 heteroatoms. The Kier molecular flexibility index (Phi) is 5.70. The number of carbonyl (C=O) groups is 1. The number of hydrogen-bond donors (Lipinski definition) is 1. The molecule has 3 heterocycles. The monoisotopic (exact) mass is 321 g/mol. The molecule has 0 spiro atoms. The van der Waals surface area contributed by atoms with Crippen molar-refractivity contribution in [2.75, 3.05) is 52.6 Å². The maximum Gasteiger partial charge on any atom is 0.222 e. The maximum absolute atomic E-state index is 12.4. The van der Waals surface area contributed by atoms with Gasteiger partial charge in [0.15, 0.2) is 0 Å². The van der Waals surface area contributed by atoms with Gasteiger partial charge in [-0.2, -0.15) is 0 Å². The predicted molar refractivity (Wildman–Crippen MR) is 87.3 cm³/mol. The predicted octanol–water partition coefficient (Wildman–Crippen LogP) is 0.832. The highest BCUT2D eigenvalue weighted by molar-refractivity contribution is 5.77. The molecular formula is C17H27N3O3. The fraction of sp³-hybridized carbons (Fsp3) is 0.706. The Morgan fingerprint density at radius 1 is 1.04 bits per heavy atom. The van der Waals surface area contributed by atoms with E-state index in [1.807, 2.05) is 12.1 Å². The average Bonchev–Trinajstić information content (AvgIpc) is 3.12. The Balaban J connectivity index is 1.50. The summed E-state index contributed by atoms with van der Waals surface area (Å²) in [5.41, 5.74) is -0.134. The maximum atomic E-state index is 12.4. The smallest absolute Gasteiger partial charge is 0.222 e. The Hall–Kier alpha value is -1.37. The molecule has 0 aliphatic carbocycles. The fourth-order valence-corrected chi connectivity index (χ4v) is 3.47. The number of rotatable bonds is 6. The summed E-state index contributed by atoms with van der Waals surface area (Å²) in [7, 11) is 0. The lowest BCUT2D eigenvalue weighted by Crippen LogP contribution is -2.45. The SMILES string of the molecule is O=C(CC1(n2cccc2)CCOCC1)NCCN1CCOCC1. The lowest BCUT2D eigenvalue weighted by Gasteiger charge is -2.38. The summed E-state index contributed by atoms with van der Waals surface area (Å²) < 4.78 is 13.0. The number of carbonyl (C=O) groups excluding carboxylic acids is 1. The number of aromatic nitrogens is 1. The molecule has 1 amide bonds. The first kappa shape index (κ1) is 16.5. The van der Waals surface area contributed by atoms with Gasteiger partial charge in [0, 0.05) is 51.8 Å². The largest absolute Gasteiger partial charge is 0.381 e. The van der Waals surface area contributed by atoms with Gasteiger partial charge in [-0.15, -0.1) is 0 Å². The van der Waals surface area contributed by atoms with Crippen LogP contribution in [0.5, 0.6) is 0 Å². The van der Waals surface area contributed by atoms with E-state index in [4.69, 9.17) is 9.47 Å². The van der Waals surface area contributed by atoms with E-state index >= 15 is 0 Å². The molecule has 3 rings (SSSR count). The molecule has 0 saturated carbocycles. The van der Waals surface area contributed by atoms with Crippen LogP contribution in [-0.4, -0.2) is 68.0 Å². The molecular weight excluding hydrogens is 294 g/mol. The van der Waals surface area contributed by atoms with Crippen molar-refractivity contribution < 1.29 is 14.3 Å². The Morgan fingerprint density at radius 3 is 2.39 bits per heavy atom. The van der Waals surface area contributed by atoms with E-state index in [1.165, 1.54) is 0 Å². The van der Waals surface area contributed by atoms with Crippen molar-refractivity contribution in [2.45, 2.75) is 24.8 Å². The number of morpholine rings is 1. The van der Waals surface area contributed by atoms with Crippen LogP contribution in [0.1, 0.15) is 19.3 Å². The molecule has 0 bridgehead atoms. The number of hydrogen-bond acceptors (Lipinski definition) is 4. The number of nitrogens with one attached hydrogen (secondary N) is 1. The lowest BCUT2D eigenvalue weighted by molar-refractivity contribution is -0.124. The molecule has 1 aromatic heterocycles. The molecule has 0 aromatic carbocycles. The van der Waals surface area contributed by atoms with Crippen molar-refractivity contribution in [3.05, 3.63) is 24.5 Å². The van der Waals surface area contributed by atoms with Gasteiger partial charge >= 0.3 is 0 Å². The molecule has 1 aromatic rings. The van der Waals surface area contributed by atoms with Crippen LogP contribution in [0, 0.1) is 0 Å². The van der Waals surface area contributed by atoms with E-state index in [2.05, 4.69) is 27.2 Å². The van der Waals surface area contributed by atoms with Gasteiger partial charge in [0.25, 0.3) is 0 Å². The fourth-order valence-electron chi connectivity index (χ4n) is 3.47. The second kappa shape index (κ2) is 7.95. The third-order valence-electron chi connectivity index (χ3n) is 4.92. The first-order valence-corrected chi connectivity index (χ1v) is 8.57. The van der Waals surface area contributed by atoms with Gasteiger partial charge in [-0.1, -0.05) is 0 Å². The Morgan fingerprint density at radius 2 is 1.70 bits per heavy atom. The molecule has 128 valence electrons. The van der Waals surface area contributed by atoms with E-state index < -0.39 is 0 Å². The molecule has 2 saturated heterocycles. The van der Waals surface area contributed by atoms with Crippen LogP contribution in [0.3, 0.4) is 0 Å². The number of amides is 1. The molecule has 1 N–H and O–H groups in total. The topological polar surface area (TPSA) is 55.7 Å². The van der Waals surface area contributed by atoms with E-state index in [0.717, 1.165) is 58.9 Å². The van der Waals surface area contributed by atoms with Crippen molar-refractivity contribution in [3.8, 4) is 0 Å². The third-order valence-corrected chi connectivity index (χ3v) is 4.92. The van der Waals surface area contributed by atoms with Crippen LogP contribution in [0.4, 0.5) is 0 Å². The van der Waals surface area contributed by atoms with Crippen molar-refractivity contribution in [1.29, 1.82) is 0 Å². The van der Waals surface area contributed by atoms with Crippen LogP contribution in [0.15, 0.2) is 24.5 Å². The molecule has 0 radical (unpaired) electrons. The standard InChI is InChI=1S/C17H27N3O3/c21-16(18-5-8-19-9-13-23-14-10-19)15-17(3-11-22-12-4-17)20-6-1-2-7-20/h1-2,6-7H,3-5,8-15H2,(H,18,21). The molecule has 2 fully saturated rings. The first-order chi connectivity index (χ1) is 11.3. The van der Waals surface area contributed by atoms with E-state index in [1.54, 1.807) is 0 Å². The second-order valence-corrected chi connectivity index (χ2v) is 6.41. The first-order valence-electron chi connectivity index (χ1n) is 8.57. The summed E-state index contributed by atoms with van der Waals surface area (Å²) >= 11 is 0. The van der Waals surface area contributed by atoms with Crippen LogP contribution in [0.2, 0.25) is 0 Å². The van der Waals surface area contributed by atoms with Crippen LogP contribution < -0.4 is 5.32 Å². The molecule has 2 aliphatic rings. The normalized spacial score (nSPS) is 21.9. The number of ether oxygens (including phenoxy) is 2. The summed E-state index contributed by atoms with van der Waals surface area (Å²) in [6.07, 6.45) is 6.42. The zero-order valence-electron chi connectivity index (χ0n) is 13.7. The highest BCUT2D eigenvalue weighted by atomic mass is 16.5. The third kappa shape index (κ3) is 4.34. The quantitative estimate of drug-likeness (QED) is 0.843. The molecule has 2 aliphatic heterocycles. The van der Waals surface area contributed by atoms with Crippen molar-refractivity contribution in [2.24, 2.45) is 0 Å². The lowest BCUT2D eigenvalue weighted by atomic mass is 9.86. The number of nitrogens with zero attached hydrogens (tertiary/aromatic N) is 2. The van der Waals surface area contributed by atoms with E-state index in [9.17, 15) is 4.79 Å². The van der Waals surface area contributed by atoms with Crippen LogP contribution >= 0.6 is 0 Å². The van der Waals surface area contributed by atoms with Gasteiger partial charge in [-0.05, 0) is 25.0 Å². The summed E-state index contributed by atoms with van der Waals surface area (Å²) in [5, 5.41) is 3.09. The Labute approximate surface area is 137 Å². The minimum atomic E-state index is -0.134. The zero-order valence-corrected chi connectivity index (χ0v) is 13.7. The van der Waals surface area contributed by atoms with Crippen molar-refractivity contribution in [3.63, 3.8) is 0 Å². The minimum Gasteiger partial charge on any atom is -0.381 e. The molecule has 23 heavy (non-hydrogen) atoms. The van der Waals surface area contributed by atoms with Gasteiger partial charge in [0.05, 0.1) is 25.2 Å². The zero-order chi connectivity index (χ0) is 16.0. The van der Waals surface area contributed by atoms with Gasteiger partial charge in [0.2, 0.25) is 5.91 Å². The summed E-state index contributed by atoms with van der Waals surface area (Å²) in [6.45, 7) is 6.56. The minimum absolute atomic E-state index is 0.133. The average molecular weight is 321 g/mol. The second-order valence-electron chi connectivity index (χ2n) is 6.41. The van der Waals surface area contributed by atoms with Gasteiger partial charge in [-0.3, -0.25) is 9.69 Å². The van der Waals surface area contributed by atoms with E-state index in [-0.39, 0.29) is 11.4 Å². The van der Waals surface area contributed by atoms with Crippen molar-refractivity contribution >= 4 is 5.91 Å². The Bertz CT molecular complexity index is 477. The van der Waals surface area contributed by atoms with Gasteiger partial charge in [-0.25, -0.2) is 0 Å². The highest BCUT2D eigenvalue weighted by Crippen LogP contribution is 2.32.